The van der Waals surface area contributed by atoms with E-state index in [2.05, 4.69) is 0 Å². The molecule has 12 heteroatoms. The van der Waals surface area contributed by atoms with Crippen LogP contribution in [0.2, 0.25) is 0 Å². The van der Waals surface area contributed by atoms with Gasteiger partial charge in [0.05, 0.1) is 56.9 Å². The molecule has 4 rings (SSSR count). The minimum Gasteiger partial charge on any atom is -0.502 e. The lowest BCUT2D eigenvalue weighted by Gasteiger charge is -2.31. The van der Waals surface area contributed by atoms with Gasteiger partial charge >= 0.3 is 0 Å². The van der Waals surface area contributed by atoms with Crippen LogP contribution in [0.5, 0.6) is 69.0 Å². The quantitative estimate of drug-likeness (QED) is 0.145. The Kier molecular flexibility index (Phi) is 10.2. The molecule has 0 amide bonds. The van der Waals surface area contributed by atoms with Gasteiger partial charge < -0.3 is 58.3 Å². The van der Waals surface area contributed by atoms with Crippen LogP contribution >= 0.6 is 0 Å². The molecule has 0 heterocycles. The lowest BCUT2D eigenvalue weighted by molar-refractivity contribution is 0.335. The number of benzene rings is 4. The Bertz CT molecular complexity index is 1350. The van der Waals surface area contributed by atoms with Crippen LogP contribution in [0.4, 0.5) is 0 Å². The molecule has 0 atom stereocenters. The van der Waals surface area contributed by atoms with Crippen molar-refractivity contribution in [3.05, 3.63) is 70.8 Å². The zero-order valence-corrected chi connectivity index (χ0v) is 26.8. The predicted octanol–water partition coefficient (Wildman–Crippen LogP) is 5.54. The molecule has 0 aliphatic heterocycles. The van der Waals surface area contributed by atoms with Crippen molar-refractivity contribution in [3.63, 3.8) is 0 Å². The molecule has 0 bridgehead atoms. The lowest BCUT2D eigenvalue weighted by Crippen LogP contribution is -2.16. The van der Waals surface area contributed by atoms with Crippen molar-refractivity contribution in [1.82, 2.24) is 0 Å². The van der Waals surface area contributed by atoms with Crippen LogP contribution in [-0.2, 0) is 0 Å². The van der Waals surface area contributed by atoms with Crippen LogP contribution in [0.1, 0.15) is 34.1 Å². The van der Waals surface area contributed by atoms with Gasteiger partial charge in [-0.05, 0) is 70.8 Å². The first-order valence-electron chi connectivity index (χ1n) is 13.9. The monoisotopic (exact) mass is 638 g/mol. The molecule has 0 aliphatic rings. The summed E-state index contributed by atoms with van der Waals surface area (Å²) < 4.78 is 44.2. The first kappa shape index (κ1) is 33.4. The number of hydrogen-bond donors (Lipinski definition) is 4. The molecule has 4 N–H and O–H groups in total. The highest BCUT2D eigenvalue weighted by molar-refractivity contribution is 5.63. The standard InChI is InChI=1S/C34H38O12/c1-39-21-9-17(10-22(40-2)31(21)35)29(18-11-23(41-3)32(36)24(12-18)42-4)30(19-13-25(43-5)33(37)26(14-19)44-6)20-15-27(45-7)34(38)28(16-20)46-8/h9-16,29-30,35-38H,1-8H3. The maximum absolute atomic E-state index is 10.8. The molecule has 0 aliphatic carbocycles. The van der Waals surface area contributed by atoms with E-state index in [0.717, 1.165) is 0 Å². The Hall–Kier alpha value is -5.52. The van der Waals surface area contributed by atoms with Crippen LogP contribution in [0.15, 0.2) is 48.5 Å². The molecule has 0 saturated heterocycles. The molecule has 0 aromatic heterocycles. The largest absolute Gasteiger partial charge is 0.502 e. The second kappa shape index (κ2) is 14.1. The highest BCUT2D eigenvalue weighted by Gasteiger charge is 2.34. The predicted molar refractivity (Wildman–Crippen MR) is 169 cm³/mol. The van der Waals surface area contributed by atoms with E-state index in [4.69, 9.17) is 37.9 Å². The van der Waals surface area contributed by atoms with Gasteiger partial charge in [-0.25, -0.2) is 0 Å². The molecule has 0 spiro atoms. The Morgan fingerprint density at radius 1 is 0.304 bits per heavy atom. The van der Waals surface area contributed by atoms with E-state index >= 15 is 0 Å². The SMILES string of the molecule is COc1cc(C(c2cc(OC)c(O)c(OC)c2)C(c2cc(OC)c(O)c(OC)c2)c2cc(OC)c(O)c(OC)c2)cc(OC)c1O. The van der Waals surface area contributed by atoms with Gasteiger partial charge in [0.2, 0.25) is 23.0 Å². The van der Waals surface area contributed by atoms with Crippen molar-refractivity contribution in [2.75, 3.05) is 56.9 Å². The minimum atomic E-state index is -0.718. The molecular formula is C34H38O12. The van der Waals surface area contributed by atoms with Crippen LogP contribution in [0, 0.1) is 0 Å². The van der Waals surface area contributed by atoms with Crippen molar-refractivity contribution >= 4 is 0 Å². The van der Waals surface area contributed by atoms with Crippen LogP contribution in [-0.4, -0.2) is 77.3 Å². The minimum absolute atomic E-state index is 0.137. The summed E-state index contributed by atoms with van der Waals surface area (Å²) in [5.41, 5.74) is 2.35. The summed E-state index contributed by atoms with van der Waals surface area (Å²) in [5.74, 6) is -1.15. The Labute approximate surface area is 266 Å². The number of methoxy groups -OCH3 is 8. The zero-order chi connectivity index (χ0) is 33.7. The number of phenolic OH excluding ortho intramolecular Hbond substituents is 4. The van der Waals surface area contributed by atoms with Gasteiger partial charge in [0.15, 0.2) is 46.0 Å². The topological polar surface area (TPSA) is 155 Å². The fraction of sp³-hybridized carbons (Fsp3) is 0.294. The summed E-state index contributed by atoms with van der Waals surface area (Å²) >= 11 is 0. The van der Waals surface area contributed by atoms with Crippen molar-refractivity contribution in [3.8, 4) is 69.0 Å². The maximum atomic E-state index is 10.8. The molecule has 46 heavy (non-hydrogen) atoms. The summed E-state index contributed by atoms with van der Waals surface area (Å²) in [6.07, 6.45) is 0. The van der Waals surface area contributed by atoms with E-state index in [1.54, 1.807) is 48.5 Å². The van der Waals surface area contributed by atoms with Crippen LogP contribution < -0.4 is 37.9 Å². The Balaban J connectivity index is 2.24. The lowest BCUT2D eigenvalue weighted by atomic mass is 9.73. The Morgan fingerprint density at radius 3 is 0.543 bits per heavy atom. The van der Waals surface area contributed by atoms with Gasteiger partial charge in [0, 0.05) is 11.8 Å². The van der Waals surface area contributed by atoms with Crippen molar-refractivity contribution < 1.29 is 58.3 Å². The summed E-state index contributed by atoms with van der Waals surface area (Å²) in [7, 11) is 11.4. The van der Waals surface area contributed by atoms with Gasteiger partial charge in [-0.3, -0.25) is 0 Å². The van der Waals surface area contributed by atoms with E-state index in [0.29, 0.717) is 22.3 Å². The third kappa shape index (κ3) is 6.06. The molecule has 4 aromatic carbocycles. The van der Waals surface area contributed by atoms with E-state index in [9.17, 15) is 20.4 Å². The molecular weight excluding hydrogens is 600 g/mol. The zero-order valence-electron chi connectivity index (χ0n) is 26.8. The normalized spacial score (nSPS) is 10.9. The van der Waals surface area contributed by atoms with E-state index in [1.165, 1.54) is 56.9 Å². The van der Waals surface area contributed by atoms with E-state index in [-0.39, 0.29) is 69.0 Å². The molecule has 12 nitrogen and oxygen atoms in total. The summed E-state index contributed by atoms with van der Waals surface area (Å²) in [4.78, 5) is 0. The van der Waals surface area contributed by atoms with Gasteiger partial charge in [-0.15, -0.1) is 0 Å². The molecule has 0 saturated carbocycles. The maximum Gasteiger partial charge on any atom is 0.200 e. The van der Waals surface area contributed by atoms with Crippen LogP contribution in [0.3, 0.4) is 0 Å². The summed E-state index contributed by atoms with van der Waals surface area (Å²) in [5, 5.41) is 43.3. The average molecular weight is 639 g/mol. The summed E-state index contributed by atoms with van der Waals surface area (Å²) in [6, 6.07) is 13.3. The fourth-order valence-electron chi connectivity index (χ4n) is 5.53. The third-order valence-corrected chi connectivity index (χ3v) is 7.78. The molecule has 0 unspecified atom stereocenters. The van der Waals surface area contributed by atoms with Crippen molar-refractivity contribution in [1.29, 1.82) is 0 Å². The molecule has 4 aromatic rings. The second-order valence-corrected chi connectivity index (χ2v) is 10.1. The second-order valence-electron chi connectivity index (χ2n) is 10.1. The first-order chi connectivity index (χ1) is 22.1. The molecule has 0 fully saturated rings. The van der Waals surface area contributed by atoms with Gasteiger partial charge in [0.1, 0.15) is 0 Å². The fourth-order valence-corrected chi connectivity index (χ4v) is 5.53. The smallest absolute Gasteiger partial charge is 0.200 e. The number of aromatic hydroxyl groups is 4. The van der Waals surface area contributed by atoms with Gasteiger partial charge in [0.25, 0.3) is 0 Å². The number of phenols is 4. The number of ether oxygens (including phenoxy) is 8. The van der Waals surface area contributed by atoms with E-state index in [1.807, 2.05) is 0 Å². The third-order valence-electron chi connectivity index (χ3n) is 7.78. The van der Waals surface area contributed by atoms with Crippen molar-refractivity contribution in [2.24, 2.45) is 0 Å². The van der Waals surface area contributed by atoms with Crippen LogP contribution in [0.25, 0.3) is 0 Å². The number of rotatable bonds is 13. The van der Waals surface area contributed by atoms with E-state index < -0.39 is 11.8 Å². The Morgan fingerprint density at radius 2 is 0.435 bits per heavy atom. The highest BCUT2D eigenvalue weighted by atomic mass is 16.5. The highest BCUT2D eigenvalue weighted by Crippen LogP contribution is 2.53. The summed E-state index contributed by atoms with van der Waals surface area (Å²) in [6.45, 7) is 0. The average Bonchev–Trinajstić information content (AvgIpc) is 3.08. The number of hydrogen-bond acceptors (Lipinski definition) is 12. The van der Waals surface area contributed by atoms with Gasteiger partial charge in [-0.2, -0.15) is 0 Å². The molecule has 0 radical (unpaired) electrons. The molecule has 246 valence electrons. The first-order valence-corrected chi connectivity index (χ1v) is 13.9. The van der Waals surface area contributed by atoms with Gasteiger partial charge in [-0.1, -0.05) is 0 Å². The van der Waals surface area contributed by atoms with Crippen molar-refractivity contribution in [2.45, 2.75) is 11.8 Å².